The molecule has 0 aromatic heterocycles. The molecule has 55 heavy (non-hydrogen) atoms. The van der Waals surface area contributed by atoms with E-state index in [4.69, 9.17) is 39.0 Å². The van der Waals surface area contributed by atoms with Crippen LogP contribution in [0.25, 0.3) is 0 Å². The molecule has 3 fully saturated rings. The zero-order valence-electron chi connectivity index (χ0n) is 35.4. The maximum absolute atomic E-state index is 14.3. The van der Waals surface area contributed by atoms with E-state index in [0.29, 0.717) is 12.1 Å². The SMILES string of the molecule is CCC1OC(=O)[C@H](C)C(O[C@H]2C[C@@](C)(OC)[C@@H](O)[C@H](C)O2)[C@H](C)[C@@H](O[C@@H]2O[C@H](C)C[C@H](N(C)C)[C@H]2O)[C@](C)(O)C[C@@H](C)/C(=N\OCCN)[C@H](C)[C@@H](O)[C@]1(C)O. The first-order valence-electron chi connectivity index (χ1n) is 19.9. The monoisotopic (exact) mass is 792 g/mol. The molecule has 7 N–H and O–H groups in total. The van der Waals surface area contributed by atoms with Crippen LogP contribution in [0.15, 0.2) is 5.16 Å². The Morgan fingerprint density at radius 3 is 2.15 bits per heavy atom. The van der Waals surface area contributed by atoms with Crippen molar-refractivity contribution in [3.63, 3.8) is 0 Å². The number of aliphatic hydroxyl groups is 5. The maximum atomic E-state index is 14.3. The fourth-order valence-electron chi connectivity index (χ4n) is 8.77. The van der Waals surface area contributed by atoms with Crippen LogP contribution in [0.2, 0.25) is 0 Å². The van der Waals surface area contributed by atoms with Gasteiger partial charge in [-0.15, -0.1) is 0 Å². The van der Waals surface area contributed by atoms with Crippen molar-refractivity contribution in [3.05, 3.63) is 0 Å². The summed E-state index contributed by atoms with van der Waals surface area (Å²) < 4.78 is 37.5. The molecule has 3 saturated heterocycles. The summed E-state index contributed by atoms with van der Waals surface area (Å²) in [5.41, 5.74) is 1.29. The van der Waals surface area contributed by atoms with Gasteiger partial charge >= 0.3 is 5.97 Å². The summed E-state index contributed by atoms with van der Waals surface area (Å²) in [6.07, 6.45) is -9.29. The van der Waals surface area contributed by atoms with Gasteiger partial charge in [-0.05, 0) is 74.9 Å². The fraction of sp³-hybridized carbons (Fsp3) is 0.949. The van der Waals surface area contributed by atoms with Gasteiger partial charge in [0, 0.05) is 43.9 Å². The van der Waals surface area contributed by atoms with E-state index >= 15 is 0 Å². The number of likely N-dealkylation sites (N-methyl/N-ethyl adjacent to an activating group) is 1. The molecule has 16 heteroatoms. The molecule has 0 bridgehead atoms. The number of nitrogens with two attached hydrogens (primary N) is 1. The molecule has 0 aromatic rings. The Balaban J connectivity index is 2.24. The van der Waals surface area contributed by atoms with Crippen LogP contribution in [0, 0.1) is 23.7 Å². The van der Waals surface area contributed by atoms with Crippen LogP contribution < -0.4 is 5.73 Å². The summed E-state index contributed by atoms with van der Waals surface area (Å²) in [5, 5.41) is 63.2. The highest BCUT2D eigenvalue weighted by Crippen LogP contribution is 2.41. The zero-order chi connectivity index (χ0) is 41.8. The number of carbonyl (C=O) groups is 1. The van der Waals surface area contributed by atoms with E-state index in [1.165, 1.54) is 14.0 Å². The van der Waals surface area contributed by atoms with Crippen molar-refractivity contribution in [2.45, 2.75) is 179 Å². The maximum Gasteiger partial charge on any atom is 0.311 e. The summed E-state index contributed by atoms with van der Waals surface area (Å²) in [6, 6.07) is -0.317. The van der Waals surface area contributed by atoms with E-state index in [-0.39, 0.29) is 44.6 Å². The number of ether oxygens (including phenoxy) is 6. The van der Waals surface area contributed by atoms with Crippen LogP contribution in [0.1, 0.15) is 94.9 Å². The number of esters is 1. The van der Waals surface area contributed by atoms with E-state index in [1.807, 2.05) is 32.8 Å². The molecule has 0 amide bonds. The predicted molar refractivity (Wildman–Crippen MR) is 204 cm³/mol. The van der Waals surface area contributed by atoms with Crippen molar-refractivity contribution < 1.29 is 63.6 Å². The first-order valence-corrected chi connectivity index (χ1v) is 19.9. The number of hydrogen-bond acceptors (Lipinski definition) is 16. The van der Waals surface area contributed by atoms with Crippen LogP contribution in [-0.4, -0.2) is 161 Å². The molecule has 0 spiro atoms. The first kappa shape index (κ1) is 47.8. The Bertz CT molecular complexity index is 1260. The number of cyclic esters (lactones) is 1. The summed E-state index contributed by atoms with van der Waals surface area (Å²) in [6.45, 7) is 17.3. The highest BCUT2D eigenvalue weighted by Gasteiger charge is 2.53. The summed E-state index contributed by atoms with van der Waals surface area (Å²) in [7, 11) is 5.22. The van der Waals surface area contributed by atoms with Gasteiger partial charge in [-0.1, -0.05) is 32.9 Å². The van der Waals surface area contributed by atoms with Crippen molar-refractivity contribution in [2.24, 2.45) is 34.6 Å². The van der Waals surface area contributed by atoms with Crippen LogP contribution in [0.3, 0.4) is 0 Å². The van der Waals surface area contributed by atoms with Gasteiger partial charge in [-0.3, -0.25) is 4.79 Å². The molecule has 0 radical (unpaired) electrons. The average Bonchev–Trinajstić information content (AvgIpc) is 3.11. The van der Waals surface area contributed by atoms with Crippen LogP contribution >= 0.6 is 0 Å². The standard InChI is InChI=1S/C39H73N3O13/c1-14-27-39(10,48)32(44)22(4)29(41-50-16-15-40)20(2)18-37(8,47)34(55-36-30(43)26(42(11)12)17-21(3)51-36)23(5)31(24(6)35(46)53-27)54-28-19-38(9,49-13)33(45)25(7)52-28/h20-28,30-34,36,43-45,47-48H,14-19,40H2,1-13H3/b41-29+/t20-,21-,22+,23+,24-,25+,26+,27?,28+,30-,31?,32-,33+,34-,36+,37-,38-,39-/m1/s1. The summed E-state index contributed by atoms with van der Waals surface area (Å²) in [5.74, 6) is -4.02. The van der Waals surface area contributed by atoms with Crippen molar-refractivity contribution in [3.8, 4) is 0 Å². The van der Waals surface area contributed by atoms with Gasteiger partial charge in [0.2, 0.25) is 0 Å². The first-order chi connectivity index (χ1) is 25.5. The number of hydrogen-bond donors (Lipinski definition) is 6. The molecule has 0 aliphatic carbocycles. The molecule has 16 nitrogen and oxygen atoms in total. The Hall–Kier alpha value is -1.54. The van der Waals surface area contributed by atoms with E-state index in [2.05, 4.69) is 5.16 Å². The van der Waals surface area contributed by atoms with Gasteiger partial charge in [0.15, 0.2) is 12.6 Å². The van der Waals surface area contributed by atoms with E-state index < -0.39 is 102 Å². The van der Waals surface area contributed by atoms with Crippen LogP contribution in [0.4, 0.5) is 0 Å². The minimum absolute atomic E-state index is 0.00480. The number of oxime groups is 1. The molecule has 3 aliphatic rings. The largest absolute Gasteiger partial charge is 0.459 e. The van der Waals surface area contributed by atoms with Crippen LogP contribution in [0.5, 0.6) is 0 Å². The van der Waals surface area contributed by atoms with Gasteiger partial charge < -0.3 is 69.4 Å². The molecule has 3 rings (SSSR count). The van der Waals surface area contributed by atoms with E-state index in [1.54, 1.807) is 48.5 Å². The predicted octanol–water partition coefficient (Wildman–Crippen LogP) is 1.55. The number of nitrogens with zero attached hydrogens (tertiary/aromatic N) is 2. The quantitative estimate of drug-likeness (QED) is 0.105. The number of rotatable bonds is 10. The molecule has 18 atom stereocenters. The number of aliphatic hydroxyl groups excluding tert-OH is 3. The molecular weight excluding hydrogens is 718 g/mol. The van der Waals surface area contributed by atoms with E-state index in [9.17, 15) is 30.3 Å². The van der Waals surface area contributed by atoms with Crippen molar-refractivity contribution in [2.75, 3.05) is 34.4 Å². The Labute approximate surface area is 327 Å². The second-order valence-corrected chi connectivity index (χ2v) is 17.2. The minimum atomic E-state index is -1.94. The molecule has 2 unspecified atom stereocenters. The second kappa shape index (κ2) is 19.5. The van der Waals surface area contributed by atoms with Crippen molar-refractivity contribution in [1.82, 2.24) is 4.90 Å². The number of methoxy groups -OCH3 is 1. The fourth-order valence-corrected chi connectivity index (χ4v) is 8.77. The smallest absolute Gasteiger partial charge is 0.311 e. The molecule has 3 aliphatic heterocycles. The minimum Gasteiger partial charge on any atom is -0.459 e. The Morgan fingerprint density at radius 1 is 0.945 bits per heavy atom. The van der Waals surface area contributed by atoms with Gasteiger partial charge in [-0.2, -0.15) is 0 Å². The average molecular weight is 792 g/mol. The highest BCUT2D eigenvalue weighted by molar-refractivity contribution is 5.88. The van der Waals surface area contributed by atoms with Crippen molar-refractivity contribution >= 4 is 11.7 Å². The van der Waals surface area contributed by atoms with Gasteiger partial charge in [0.1, 0.15) is 30.5 Å². The third-order valence-electron chi connectivity index (χ3n) is 12.2. The summed E-state index contributed by atoms with van der Waals surface area (Å²) in [4.78, 5) is 21.7. The third kappa shape index (κ3) is 10.9. The molecule has 322 valence electrons. The third-order valence-corrected chi connectivity index (χ3v) is 12.2. The lowest BCUT2D eigenvalue weighted by Crippen LogP contribution is -2.61. The van der Waals surface area contributed by atoms with Gasteiger partial charge in [-0.25, -0.2) is 0 Å². The lowest BCUT2D eigenvalue weighted by molar-refractivity contribution is -0.317. The zero-order valence-corrected chi connectivity index (χ0v) is 35.4. The summed E-state index contributed by atoms with van der Waals surface area (Å²) >= 11 is 0. The molecular formula is C39H73N3O13. The van der Waals surface area contributed by atoms with Gasteiger partial charge in [0.05, 0.1) is 53.4 Å². The molecule has 0 aromatic carbocycles. The van der Waals surface area contributed by atoms with E-state index in [0.717, 1.165) is 0 Å². The van der Waals surface area contributed by atoms with Crippen LogP contribution in [-0.2, 0) is 38.1 Å². The van der Waals surface area contributed by atoms with Crippen molar-refractivity contribution in [1.29, 1.82) is 0 Å². The lowest BCUT2D eigenvalue weighted by atomic mass is 9.73. The molecule has 3 heterocycles. The highest BCUT2D eigenvalue weighted by atomic mass is 16.7. The normalized spacial score (nSPS) is 47.7. The topological polar surface area (TPSA) is 224 Å². The number of carbonyl (C=O) groups excluding carboxylic acids is 1. The lowest BCUT2D eigenvalue weighted by Gasteiger charge is -2.49. The van der Waals surface area contributed by atoms with Gasteiger partial charge in [0.25, 0.3) is 0 Å². The Morgan fingerprint density at radius 2 is 1.58 bits per heavy atom. The Kier molecular flexibility index (Phi) is 16.9. The second-order valence-electron chi connectivity index (χ2n) is 17.2. The molecule has 0 saturated carbocycles.